The molecule has 0 spiro atoms. The summed E-state index contributed by atoms with van der Waals surface area (Å²) in [7, 11) is 0. The first-order valence-corrected chi connectivity index (χ1v) is 5.11. The van der Waals surface area contributed by atoms with Gasteiger partial charge in [-0.1, -0.05) is 0 Å². The summed E-state index contributed by atoms with van der Waals surface area (Å²) >= 11 is 0. The lowest BCUT2D eigenvalue weighted by Gasteiger charge is -2.25. The van der Waals surface area contributed by atoms with Gasteiger partial charge in [0.15, 0.2) is 0 Å². The van der Waals surface area contributed by atoms with Crippen LogP contribution in [0.3, 0.4) is 0 Å². The van der Waals surface area contributed by atoms with Crippen LogP contribution in [0.1, 0.15) is 32.6 Å². The zero-order chi connectivity index (χ0) is 8.60. The van der Waals surface area contributed by atoms with E-state index >= 15 is 0 Å². The molecule has 1 heterocycles. The Balaban J connectivity index is 1.83. The highest BCUT2D eigenvalue weighted by molar-refractivity contribution is 4.93. The highest BCUT2D eigenvalue weighted by Gasteiger charge is 2.41. The zero-order valence-electron chi connectivity index (χ0n) is 7.84. The molecule has 2 heteroatoms. The van der Waals surface area contributed by atoms with Crippen molar-refractivity contribution in [1.29, 1.82) is 0 Å². The minimum atomic E-state index is -0.364. The molecule has 2 atom stereocenters. The van der Waals surface area contributed by atoms with Crippen molar-refractivity contribution >= 4 is 0 Å². The Kier molecular flexibility index (Phi) is 2.13. The van der Waals surface area contributed by atoms with Gasteiger partial charge in [0, 0.05) is 0 Å². The van der Waals surface area contributed by atoms with E-state index in [9.17, 15) is 5.11 Å². The molecule has 0 aromatic carbocycles. The summed E-state index contributed by atoms with van der Waals surface area (Å²) in [5.74, 6) is 1.33. The fourth-order valence-electron chi connectivity index (χ4n) is 2.35. The molecule has 0 aromatic heterocycles. The minimum Gasteiger partial charge on any atom is -0.390 e. The maximum absolute atomic E-state index is 10.1. The summed E-state index contributed by atoms with van der Waals surface area (Å²) in [6, 6.07) is 0. The predicted molar refractivity (Wildman–Crippen MR) is 48.9 cm³/mol. The van der Waals surface area contributed by atoms with Crippen LogP contribution in [0.15, 0.2) is 0 Å². The quantitative estimate of drug-likeness (QED) is 0.664. The molecule has 0 radical (unpaired) electrons. The van der Waals surface area contributed by atoms with Gasteiger partial charge in [-0.25, -0.2) is 0 Å². The molecule has 0 amide bonds. The van der Waals surface area contributed by atoms with Crippen molar-refractivity contribution in [3.05, 3.63) is 0 Å². The highest BCUT2D eigenvalue weighted by Crippen LogP contribution is 2.43. The minimum absolute atomic E-state index is 0.364. The molecule has 1 aliphatic heterocycles. The summed E-state index contributed by atoms with van der Waals surface area (Å²) < 4.78 is 0. The average Bonchev–Trinajstić information content (AvgIpc) is 2.74. The molecule has 1 saturated heterocycles. The van der Waals surface area contributed by atoms with E-state index in [4.69, 9.17) is 0 Å². The Morgan fingerprint density at radius 3 is 2.67 bits per heavy atom. The lowest BCUT2D eigenvalue weighted by Crippen LogP contribution is -2.30. The number of nitrogens with one attached hydrogen (secondary N) is 1. The van der Waals surface area contributed by atoms with Gasteiger partial charge in [0.05, 0.1) is 5.60 Å². The number of aliphatic hydroxyl groups is 1. The second kappa shape index (κ2) is 3.00. The standard InChI is InChI=1S/C10H19NO/c1-10(12,9-2-3-9)6-8-4-5-11-7-8/h8-9,11-12H,2-7H2,1H3. The number of hydrogen-bond acceptors (Lipinski definition) is 2. The Morgan fingerprint density at radius 2 is 2.17 bits per heavy atom. The van der Waals surface area contributed by atoms with Crippen molar-refractivity contribution in [3.8, 4) is 0 Å². The van der Waals surface area contributed by atoms with Gasteiger partial charge in [-0.15, -0.1) is 0 Å². The molecule has 2 N–H and O–H groups in total. The molecule has 1 saturated carbocycles. The van der Waals surface area contributed by atoms with Crippen molar-refractivity contribution in [2.45, 2.75) is 38.2 Å². The molecule has 12 heavy (non-hydrogen) atoms. The van der Waals surface area contributed by atoms with Crippen LogP contribution in [-0.4, -0.2) is 23.8 Å². The molecular weight excluding hydrogens is 150 g/mol. The summed E-state index contributed by atoms with van der Waals surface area (Å²) in [6.45, 7) is 4.28. The van der Waals surface area contributed by atoms with E-state index in [0.717, 1.165) is 25.4 Å². The summed E-state index contributed by atoms with van der Waals surface area (Å²) in [4.78, 5) is 0. The summed E-state index contributed by atoms with van der Waals surface area (Å²) in [5.41, 5.74) is -0.364. The molecule has 2 unspecified atom stereocenters. The van der Waals surface area contributed by atoms with Crippen molar-refractivity contribution in [3.63, 3.8) is 0 Å². The van der Waals surface area contributed by atoms with Crippen LogP contribution >= 0.6 is 0 Å². The molecule has 0 bridgehead atoms. The van der Waals surface area contributed by atoms with E-state index in [-0.39, 0.29) is 5.60 Å². The predicted octanol–water partition coefficient (Wildman–Crippen LogP) is 1.15. The van der Waals surface area contributed by atoms with Gasteiger partial charge in [-0.05, 0) is 57.5 Å². The van der Waals surface area contributed by atoms with Crippen LogP contribution in [0, 0.1) is 11.8 Å². The highest BCUT2D eigenvalue weighted by atomic mass is 16.3. The van der Waals surface area contributed by atoms with Gasteiger partial charge in [0.25, 0.3) is 0 Å². The normalized spacial score (nSPS) is 35.0. The molecule has 2 fully saturated rings. The first kappa shape index (κ1) is 8.52. The second-order valence-corrected chi connectivity index (χ2v) is 4.69. The first-order chi connectivity index (χ1) is 5.68. The van der Waals surface area contributed by atoms with Crippen LogP contribution < -0.4 is 5.32 Å². The SMILES string of the molecule is CC(O)(CC1CCNC1)C1CC1. The Morgan fingerprint density at radius 1 is 1.42 bits per heavy atom. The molecule has 70 valence electrons. The second-order valence-electron chi connectivity index (χ2n) is 4.69. The lowest BCUT2D eigenvalue weighted by atomic mass is 9.88. The van der Waals surface area contributed by atoms with E-state index in [2.05, 4.69) is 5.32 Å². The van der Waals surface area contributed by atoms with Gasteiger partial charge in [-0.2, -0.15) is 0 Å². The lowest BCUT2D eigenvalue weighted by molar-refractivity contribution is 0.0144. The van der Waals surface area contributed by atoms with Crippen molar-refractivity contribution in [2.75, 3.05) is 13.1 Å². The van der Waals surface area contributed by atoms with Gasteiger partial charge in [0.1, 0.15) is 0 Å². The Hall–Kier alpha value is -0.0800. The Bertz CT molecular complexity index is 157. The molecule has 2 nitrogen and oxygen atoms in total. The third-order valence-corrected chi connectivity index (χ3v) is 3.32. The third-order valence-electron chi connectivity index (χ3n) is 3.32. The summed E-state index contributed by atoms with van der Waals surface area (Å²) in [5, 5.41) is 13.4. The van der Waals surface area contributed by atoms with Gasteiger partial charge in [0.2, 0.25) is 0 Å². The van der Waals surface area contributed by atoms with Gasteiger partial charge >= 0.3 is 0 Å². The maximum Gasteiger partial charge on any atom is 0.0650 e. The van der Waals surface area contributed by atoms with E-state index in [1.54, 1.807) is 0 Å². The largest absolute Gasteiger partial charge is 0.390 e. The van der Waals surface area contributed by atoms with Crippen molar-refractivity contribution < 1.29 is 5.11 Å². The third kappa shape index (κ3) is 1.80. The monoisotopic (exact) mass is 169 g/mol. The smallest absolute Gasteiger partial charge is 0.0650 e. The number of rotatable bonds is 3. The maximum atomic E-state index is 10.1. The van der Waals surface area contributed by atoms with E-state index in [0.29, 0.717) is 5.92 Å². The Labute approximate surface area is 74.4 Å². The molecule has 1 aliphatic carbocycles. The van der Waals surface area contributed by atoms with E-state index in [1.807, 2.05) is 6.92 Å². The van der Waals surface area contributed by atoms with Gasteiger partial charge in [-0.3, -0.25) is 0 Å². The van der Waals surface area contributed by atoms with Crippen molar-refractivity contribution in [2.24, 2.45) is 11.8 Å². The molecule has 2 aliphatic rings. The van der Waals surface area contributed by atoms with Crippen LogP contribution in [0.4, 0.5) is 0 Å². The fourth-order valence-corrected chi connectivity index (χ4v) is 2.35. The van der Waals surface area contributed by atoms with Crippen molar-refractivity contribution in [1.82, 2.24) is 5.32 Å². The first-order valence-electron chi connectivity index (χ1n) is 5.11. The van der Waals surface area contributed by atoms with E-state index < -0.39 is 0 Å². The van der Waals surface area contributed by atoms with Crippen LogP contribution in [0.2, 0.25) is 0 Å². The molecular formula is C10H19NO. The number of hydrogen-bond donors (Lipinski definition) is 2. The molecule has 0 aromatic rings. The zero-order valence-corrected chi connectivity index (χ0v) is 7.84. The molecule has 2 rings (SSSR count). The topological polar surface area (TPSA) is 32.3 Å². The fraction of sp³-hybridized carbons (Fsp3) is 1.00. The van der Waals surface area contributed by atoms with Crippen LogP contribution in [0.5, 0.6) is 0 Å². The van der Waals surface area contributed by atoms with Crippen LogP contribution in [0.25, 0.3) is 0 Å². The summed E-state index contributed by atoms with van der Waals surface area (Å²) in [6.07, 6.45) is 4.74. The van der Waals surface area contributed by atoms with Crippen LogP contribution in [-0.2, 0) is 0 Å². The van der Waals surface area contributed by atoms with E-state index in [1.165, 1.54) is 19.3 Å². The van der Waals surface area contributed by atoms with Gasteiger partial charge < -0.3 is 10.4 Å². The average molecular weight is 169 g/mol.